The molecule has 0 radical (unpaired) electrons. The number of halogens is 4. The van der Waals surface area contributed by atoms with Gasteiger partial charge in [0.1, 0.15) is 5.76 Å². The van der Waals surface area contributed by atoms with E-state index in [0.717, 1.165) is 23.3 Å². The third-order valence-corrected chi connectivity index (χ3v) is 3.23. The predicted octanol–water partition coefficient (Wildman–Crippen LogP) is 5.13. The SMILES string of the molecule is Cc1ccoc1C(Cl)Cc1ccc(C(F)(F)F)cc1. The molecule has 0 aliphatic carbocycles. The summed E-state index contributed by atoms with van der Waals surface area (Å²) in [5.41, 5.74) is 1.02. The molecule has 1 unspecified atom stereocenters. The Labute approximate surface area is 114 Å². The Morgan fingerprint density at radius 1 is 1.16 bits per heavy atom. The fourth-order valence-corrected chi connectivity index (χ4v) is 2.24. The van der Waals surface area contributed by atoms with Crippen LogP contribution in [0.15, 0.2) is 41.0 Å². The van der Waals surface area contributed by atoms with Crippen molar-refractivity contribution in [2.24, 2.45) is 0 Å². The molecule has 0 amide bonds. The highest BCUT2D eigenvalue weighted by molar-refractivity contribution is 6.20. The minimum Gasteiger partial charge on any atom is -0.467 e. The fourth-order valence-electron chi connectivity index (χ4n) is 1.83. The smallest absolute Gasteiger partial charge is 0.416 e. The van der Waals surface area contributed by atoms with E-state index >= 15 is 0 Å². The molecule has 19 heavy (non-hydrogen) atoms. The Morgan fingerprint density at radius 3 is 2.26 bits per heavy atom. The molecule has 0 bridgehead atoms. The normalized spacial score (nSPS) is 13.5. The van der Waals surface area contributed by atoms with Crippen molar-refractivity contribution in [3.8, 4) is 0 Å². The molecule has 0 spiro atoms. The number of aryl methyl sites for hydroxylation is 1. The molecule has 1 nitrogen and oxygen atoms in total. The van der Waals surface area contributed by atoms with E-state index in [1.54, 1.807) is 12.3 Å². The first-order chi connectivity index (χ1) is 8.88. The molecule has 1 heterocycles. The van der Waals surface area contributed by atoms with E-state index in [1.165, 1.54) is 12.1 Å². The Bertz CT molecular complexity index is 543. The number of alkyl halides is 4. The molecular formula is C14H12ClF3O. The molecule has 0 aliphatic heterocycles. The molecule has 5 heteroatoms. The molecule has 2 rings (SSSR count). The summed E-state index contributed by atoms with van der Waals surface area (Å²) in [7, 11) is 0. The Balaban J connectivity index is 2.10. The summed E-state index contributed by atoms with van der Waals surface area (Å²) in [5, 5.41) is -0.383. The van der Waals surface area contributed by atoms with Gasteiger partial charge in [-0.2, -0.15) is 13.2 Å². The van der Waals surface area contributed by atoms with Crippen LogP contribution < -0.4 is 0 Å². The monoisotopic (exact) mass is 288 g/mol. The maximum absolute atomic E-state index is 12.4. The van der Waals surface area contributed by atoms with Gasteiger partial charge in [0.25, 0.3) is 0 Å². The van der Waals surface area contributed by atoms with Crippen LogP contribution in [0.25, 0.3) is 0 Å². The predicted molar refractivity (Wildman–Crippen MR) is 67.2 cm³/mol. The second-order valence-corrected chi connectivity index (χ2v) is 4.86. The number of benzene rings is 1. The number of furan rings is 1. The van der Waals surface area contributed by atoms with Gasteiger partial charge < -0.3 is 4.42 Å². The maximum Gasteiger partial charge on any atom is 0.416 e. The molecule has 0 saturated heterocycles. The lowest BCUT2D eigenvalue weighted by molar-refractivity contribution is -0.137. The second kappa shape index (κ2) is 5.29. The van der Waals surface area contributed by atoms with Crippen LogP contribution in [-0.2, 0) is 12.6 Å². The van der Waals surface area contributed by atoms with E-state index < -0.39 is 11.7 Å². The van der Waals surface area contributed by atoms with E-state index in [9.17, 15) is 13.2 Å². The van der Waals surface area contributed by atoms with E-state index in [-0.39, 0.29) is 5.38 Å². The van der Waals surface area contributed by atoms with Crippen molar-refractivity contribution in [1.29, 1.82) is 0 Å². The van der Waals surface area contributed by atoms with Gasteiger partial charge >= 0.3 is 6.18 Å². The zero-order valence-corrected chi connectivity index (χ0v) is 10.9. The highest BCUT2D eigenvalue weighted by Gasteiger charge is 2.30. The topological polar surface area (TPSA) is 13.1 Å². The quantitative estimate of drug-likeness (QED) is 0.714. The van der Waals surface area contributed by atoms with Crippen molar-refractivity contribution in [2.45, 2.75) is 24.9 Å². The van der Waals surface area contributed by atoms with Crippen LogP contribution in [-0.4, -0.2) is 0 Å². The van der Waals surface area contributed by atoms with Crippen molar-refractivity contribution in [1.82, 2.24) is 0 Å². The van der Waals surface area contributed by atoms with E-state index in [2.05, 4.69) is 0 Å². The summed E-state index contributed by atoms with van der Waals surface area (Å²) in [6, 6.07) is 6.81. The first-order valence-corrected chi connectivity index (χ1v) is 6.16. The summed E-state index contributed by atoms with van der Waals surface area (Å²) in [6.45, 7) is 1.88. The zero-order valence-electron chi connectivity index (χ0n) is 10.2. The summed E-state index contributed by atoms with van der Waals surface area (Å²) in [6.07, 6.45) is -2.34. The van der Waals surface area contributed by atoms with Crippen LogP contribution in [0.2, 0.25) is 0 Å². The van der Waals surface area contributed by atoms with Crippen molar-refractivity contribution < 1.29 is 17.6 Å². The fraction of sp³-hybridized carbons (Fsp3) is 0.286. The van der Waals surface area contributed by atoms with E-state index in [1.807, 2.05) is 6.92 Å². The molecule has 0 aliphatic rings. The van der Waals surface area contributed by atoms with Crippen LogP contribution >= 0.6 is 11.6 Å². The number of rotatable bonds is 3. The maximum atomic E-state index is 12.4. The molecule has 102 valence electrons. The third kappa shape index (κ3) is 3.32. The summed E-state index contributed by atoms with van der Waals surface area (Å²) >= 11 is 6.20. The molecule has 1 atom stereocenters. The summed E-state index contributed by atoms with van der Waals surface area (Å²) in [5.74, 6) is 0.654. The average molecular weight is 289 g/mol. The van der Waals surface area contributed by atoms with Crippen molar-refractivity contribution in [3.05, 3.63) is 59.0 Å². The van der Waals surface area contributed by atoms with E-state index in [4.69, 9.17) is 16.0 Å². The van der Waals surface area contributed by atoms with Gasteiger partial charge in [0, 0.05) is 0 Å². The minimum absolute atomic E-state index is 0.383. The average Bonchev–Trinajstić information content (AvgIpc) is 2.75. The number of hydrogen-bond acceptors (Lipinski definition) is 1. The second-order valence-electron chi connectivity index (χ2n) is 4.33. The highest BCUT2D eigenvalue weighted by Crippen LogP contribution is 2.31. The Morgan fingerprint density at radius 2 is 1.79 bits per heavy atom. The molecule has 1 aromatic carbocycles. The lowest BCUT2D eigenvalue weighted by Crippen LogP contribution is -2.05. The summed E-state index contributed by atoms with van der Waals surface area (Å²) < 4.78 is 42.5. The van der Waals surface area contributed by atoms with Crippen molar-refractivity contribution in [3.63, 3.8) is 0 Å². The van der Waals surface area contributed by atoms with Crippen LogP contribution in [0.4, 0.5) is 13.2 Å². The van der Waals surface area contributed by atoms with Crippen LogP contribution in [0.1, 0.15) is 27.8 Å². The van der Waals surface area contributed by atoms with Crippen molar-refractivity contribution in [2.75, 3.05) is 0 Å². The van der Waals surface area contributed by atoms with Gasteiger partial charge in [-0.05, 0) is 42.7 Å². The molecule has 2 aromatic rings. The van der Waals surface area contributed by atoms with Gasteiger partial charge in [-0.25, -0.2) is 0 Å². The van der Waals surface area contributed by atoms with Crippen molar-refractivity contribution >= 4 is 11.6 Å². The molecule has 1 aromatic heterocycles. The standard InChI is InChI=1S/C14H12ClF3O/c1-9-6-7-19-13(9)12(15)8-10-2-4-11(5-3-10)14(16,17)18/h2-7,12H,8H2,1H3. The van der Waals surface area contributed by atoms with Gasteiger partial charge in [-0.15, -0.1) is 11.6 Å². The molecule has 0 fully saturated rings. The number of hydrogen-bond donors (Lipinski definition) is 0. The Hall–Kier alpha value is -1.42. The molecular weight excluding hydrogens is 277 g/mol. The first-order valence-electron chi connectivity index (χ1n) is 5.72. The van der Waals surface area contributed by atoms with Gasteiger partial charge in [-0.1, -0.05) is 12.1 Å². The van der Waals surface area contributed by atoms with Crippen LogP contribution in [0.3, 0.4) is 0 Å². The van der Waals surface area contributed by atoms with Gasteiger partial charge in [0.2, 0.25) is 0 Å². The molecule has 0 N–H and O–H groups in total. The van der Waals surface area contributed by atoms with Crippen LogP contribution in [0, 0.1) is 6.92 Å². The largest absolute Gasteiger partial charge is 0.467 e. The summed E-state index contributed by atoms with van der Waals surface area (Å²) in [4.78, 5) is 0. The lowest BCUT2D eigenvalue weighted by Gasteiger charge is -2.10. The molecule has 0 saturated carbocycles. The lowest BCUT2D eigenvalue weighted by atomic mass is 10.0. The van der Waals surface area contributed by atoms with Gasteiger partial charge in [0.15, 0.2) is 0 Å². The highest BCUT2D eigenvalue weighted by atomic mass is 35.5. The first kappa shape index (κ1) is 14.0. The third-order valence-electron chi connectivity index (χ3n) is 2.88. The van der Waals surface area contributed by atoms with E-state index in [0.29, 0.717) is 12.2 Å². The Kier molecular flexibility index (Phi) is 3.90. The minimum atomic E-state index is -4.31. The zero-order chi connectivity index (χ0) is 14.0. The van der Waals surface area contributed by atoms with Crippen LogP contribution in [0.5, 0.6) is 0 Å². The van der Waals surface area contributed by atoms with Gasteiger partial charge in [0.05, 0.1) is 17.2 Å². The van der Waals surface area contributed by atoms with Gasteiger partial charge in [-0.3, -0.25) is 0 Å².